The maximum absolute atomic E-state index is 12.5. The van der Waals surface area contributed by atoms with Gasteiger partial charge in [0, 0.05) is 19.4 Å². The van der Waals surface area contributed by atoms with Gasteiger partial charge in [-0.15, -0.1) is 0 Å². The van der Waals surface area contributed by atoms with Gasteiger partial charge in [0.2, 0.25) is 0 Å². The van der Waals surface area contributed by atoms with Crippen LogP contribution < -0.4 is 5.73 Å². The zero-order valence-electron chi connectivity index (χ0n) is 34.8. The van der Waals surface area contributed by atoms with E-state index in [0.717, 1.165) is 70.6 Å². The lowest BCUT2D eigenvalue weighted by Crippen LogP contribution is -2.29. The molecule has 9 nitrogen and oxygen atoms in total. The molecule has 0 aromatic heterocycles. The predicted octanol–water partition coefficient (Wildman–Crippen LogP) is 11.9. The number of nitrogens with two attached hydrogens (primary N) is 1. The molecular weight excluding hydrogens is 737 g/mol. The third-order valence-electron chi connectivity index (χ3n) is 7.55. The first-order chi connectivity index (χ1) is 27.8. The van der Waals surface area contributed by atoms with Crippen molar-refractivity contribution in [2.45, 2.75) is 123 Å². The van der Waals surface area contributed by atoms with Gasteiger partial charge in [-0.25, -0.2) is 4.57 Å². The Hall–Kier alpha value is -3.85. The van der Waals surface area contributed by atoms with Crippen LogP contribution in [-0.4, -0.2) is 49.3 Å². The number of esters is 2. The molecule has 0 rings (SSSR count). The summed E-state index contributed by atoms with van der Waals surface area (Å²) in [4.78, 5) is 34.8. The molecular formula is C47H72NO8P. The lowest BCUT2D eigenvalue weighted by Gasteiger charge is -2.19. The SMILES string of the molecule is CC/C=C\C/C=C\C/C=C\C/C=C\C/C=C\C/C=C\CCC(=O)OC(COC(=O)CCC/C=C\C/C=C\C/C=C\C/C=C\C/C=C\CC)COP(=O)(O)OCCN. The first-order valence-electron chi connectivity index (χ1n) is 20.7. The number of rotatable bonds is 36. The summed E-state index contributed by atoms with van der Waals surface area (Å²) in [5.74, 6) is -1.01. The third kappa shape index (κ3) is 41.6. The van der Waals surface area contributed by atoms with Crippen LogP contribution in [0.1, 0.15) is 117 Å². The number of unbranched alkanes of at least 4 members (excludes halogenated alkanes) is 1. The van der Waals surface area contributed by atoms with Crippen molar-refractivity contribution in [1.29, 1.82) is 0 Å². The highest BCUT2D eigenvalue weighted by molar-refractivity contribution is 7.47. The first kappa shape index (κ1) is 53.1. The van der Waals surface area contributed by atoms with Gasteiger partial charge in [0.15, 0.2) is 6.10 Å². The predicted molar refractivity (Wildman–Crippen MR) is 237 cm³/mol. The van der Waals surface area contributed by atoms with Gasteiger partial charge in [0.05, 0.1) is 13.2 Å². The van der Waals surface area contributed by atoms with Crippen molar-refractivity contribution in [1.82, 2.24) is 0 Å². The number of phosphoric ester groups is 1. The summed E-state index contributed by atoms with van der Waals surface area (Å²) in [5, 5.41) is 0. The lowest BCUT2D eigenvalue weighted by atomic mass is 10.2. The number of allylic oxidation sites excluding steroid dienone is 22. The van der Waals surface area contributed by atoms with Crippen molar-refractivity contribution in [2.75, 3.05) is 26.4 Å². The van der Waals surface area contributed by atoms with Crippen molar-refractivity contribution >= 4 is 19.8 Å². The van der Waals surface area contributed by atoms with Gasteiger partial charge < -0.3 is 20.1 Å². The molecule has 0 aliphatic carbocycles. The van der Waals surface area contributed by atoms with Crippen LogP contribution in [0.25, 0.3) is 0 Å². The van der Waals surface area contributed by atoms with Crippen molar-refractivity contribution in [3.63, 3.8) is 0 Å². The third-order valence-corrected chi connectivity index (χ3v) is 8.53. The minimum absolute atomic E-state index is 0.0259. The van der Waals surface area contributed by atoms with Gasteiger partial charge in [-0.3, -0.25) is 18.6 Å². The van der Waals surface area contributed by atoms with E-state index in [-0.39, 0.29) is 32.6 Å². The van der Waals surface area contributed by atoms with Crippen LogP contribution in [0.2, 0.25) is 0 Å². The molecule has 318 valence electrons. The van der Waals surface area contributed by atoms with E-state index >= 15 is 0 Å². The normalized spacial score (nSPS) is 14.7. The fourth-order valence-corrected chi connectivity index (χ4v) is 5.34. The minimum Gasteiger partial charge on any atom is -0.462 e. The summed E-state index contributed by atoms with van der Waals surface area (Å²) in [7, 11) is -4.42. The topological polar surface area (TPSA) is 134 Å². The maximum atomic E-state index is 12.5. The molecule has 0 spiro atoms. The van der Waals surface area contributed by atoms with E-state index in [1.54, 1.807) is 0 Å². The van der Waals surface area contributed by atoms with Crippen LogP contribution >= 0.6 is 7.82 Å². The number of ether oxygens (including phenoxy) is 2. The Morgan fingerprint density at radius 1 is 0.526 bits per heavy atom. The standard InChI is InChI=1S/C47H72NO8P/c1-3-5-7-9-11-13-15-17-19-21-22-24-26-28-30-32-34-36-38-40-47(50)56-45(44-55-57(51,52)54-42-41-48)43-53-46(49)39-37-35-33-31-29-27-25-23-20-18-16-14-12-10-8-6-4-2/h5-8,11-14,17-20,22,24-25,27-28,30-31,33-34,36,45H,3-4,9-10,15-16,21,23,26,29,32,35,37-44,48H2,1-2H3,(H,51,52)/b7-5-,8-6-,13-11-,14-12-,19-17-,20-18-,24-22-,27-25-,30-28-,33-31-,36-34-. The molecule has 0 aliphatic rings. The molecule has 2 atom stereocenters. The van der Waals surface area contributed by atoms with Crippen molar-refractivity contribution in [2.24, 2.45) is 5.73 Å². The molecule has 10 heteroatoms. The summed E-state index contributed by atoms with van der Waals surface area (Å²) in [6.07, 6.45) is 57.9. The van der Waals surface area contributed by atoms with Crippen LogP contribution in [-0.2, 0) is 32.7 Å². The highest BCUT2D eigenvalue weighted by atomic mass is 31.2. The van der Waals surface area contributed by atoms with Gasteiger partial charge in [0.1, 0.15) is 6.61 Å². The molecule has 0 amide bonds. The summed E-state index contributed by atoms with van der Waals surface area (Å²) < 4.78 is 32.6. The van der Waals surface area contributed by atoms with Crippen molar-refractivity contribution < 1.29 is 37.6 Å². The van der Waals surface area contributed by atoms with Crippen molar-refractivity contribution in [3.05, 3.63) is 134 Å². The highest BCUT2D eigenvalue weighted by Crippen LogP contribution is 2.43. The molecule has 0 saturated carbocycles. The Morgan fingerprint density at radius 3 is 1.32 bits per heavy atom. The fourth-order valence-electron chi connectivity index (χ4n) is 4.58. The molecule has 0 saturated heterocycles. The molecule has 0 fully saturated rings. The zero-order valence-corrected chi connectivity index (χ0v) is 35.6. The summed E-state index contributed by atoms with van der Waals surface area (Å²) in [6, 6.07) is 0. The number of carbonyl (C=O) groups excluding carboxylic acids is 2. The zero-order chi connectivity index (χ0) is 41.8. The minimum atomic E-state index is -4.42. The van der Waals surface area contributed by atoms with E-state index in [1.807, 2.05) is 18.2 Å². The largest absolute Gasteiger partial charge is 0.472 e. The van der Waals surface area contributed by atoms with Gasteiger partial charge in [0.25, 0.3) is 0 Å². The monoisotopic (exact) mass is 809 g/mol. The second-order valence-corrected chi connectivity index (χ2v) is 14.2. The summed E-state index contributed by atoms with van der Waals surface area (Å²) >= 11 is 0. The average molecular weight is 810 g/mol. The van der Waals surface area contributed by atoms with Gasteiger partial charge in [-0.1, -0.05) is 148 Å². The van der Waals surface area contributed by atoms with E-state index in [1.165, 1.54) is 0 Å². The fraction of sp³-hybridized carbons (Fsp3) is 0.489. The maximum Gasteiger partial charge on any atom is 0.472 e. The average Bonchev–Trinajstić information content (AvgIpc) is 3.20. The van der Waals surface area contributed by atoms with Gasteiger partial charge in [-0.05, 0) is 89.9 Å². The molecule has 0 radical (unpaired) electrons. The quantitative estimate of drug-likeness (QED) is 0.0274. The first-order valence-corrected chi connectivity index (χ1v) is 22.2. The summed E-state index contributed by atoms with van der Waals surface area (Å²) in [6.45, 7) is 3.30. The molecule has 0 bridgehead atoms. The van der Waals surface area contributed by atoms with Crippen LogP contribution in [0.15, 0.2) is 134 Å². The van der Waals surface area contributed by atoms with Crippen LogP contribution in [0.4, 0.5) is 0 Å². The van der Waals surface area contributed by atoms with Gasteiger partial charge in [-0.2, -0.15) is 0 Å². The molecule has 2 unspecified atom stereocenters. The van der Waals surface area contributed by atoms with E-state index in [4.69, 9.17) is 24.3 Å². The van der Waals surface area contributed by atoms with E-state index in [0.29, 0.717) is 19.3 Å². The highest BCUT2D eigenvalue weighted by Gasteiger charge is 2.25. The molecule has 0 aromatic rings. The van der Waals surface area contributed by atoms with Crippen LogP contribution in [0, 0.1) is 0 Å². The van der Waals surface area contributed by atoms with Crippen LogP contribution in [0.3, 0.4) is 0 Å². The second kappa shape index (κ2) is 41.8. The van der Waals surface area contributed by atoms with E-state index in [9.17, 15) is 19.0 Å². The number of hydrogen-bond donors (Lipinski definition) is 2. The van der Waals surface area contributed by atoms with Crippen molar-refractivity contribution in [3.8, 4) is 0 Å². The van der Waals surface area contributed by atoms with Crippen LogP contribution in [0.5, 0.6) is 0 Å². The molecule has 0 aromatic carbocycles. The smallest absolute Gasteiger partial charge is 0.462 e. The van der Waals surface area contributed by atoms with E-state index in [2.05, 4.69) is 129 Å². The number of hydrogen-bond acceptors (Lipinski definition) is 8. The molecule has 57 heavy (non-hydrogen) atoms. The number of phosphoric acid groups is 1. The Bertz CT molecular complexity index is 1380. The van der Waals surface area contributed by atoms with E-state index < -0.39 is 32.5 Å². The second-order valence-electron chi connectivity index (χ2n) is 12.7. The Balaban J connectivity index is 4.44. The van der Waals surface area contributed by atoms with Gasteiger partial charge >= 0.3 is 19.8 Å². The molecule has 0 aliphatic heterocycles. The Morgan fingerprint density at radius 2 is 0.912 bits per heavy atom. The Kier molecular flexibility index (Phi) is 39.0. The summed E-state index contributed by atoms with van der Waals surface area (Å²) in [5.41, 5.74) is 5.33. The molecule has 3 N–H and O–H groups in total. The lowest BCUT2D eigenvalue weighted by molar-refractivity contribution is -0.161. The Labute approximate surface area is 344 Å². The molecule has 0 heterocycles. The number of carbonyl (C=O) groups is 2.